The fraction of sp³-hybridized carbons (Fsp3) is 0.131. The predicted octanol–water partition coefficient (Wildman–Crippen LogP) is 19.3. The van der Waals surface area contributed by atoms with Crippen molar-refractivity contribution in [2.75, 3.05) is 25.1 Å². The zero-order valence-corrected chi connectivity index (χ0v) is 65.3. The number of nitrogens with two attached hydrogens (primary N) is 2. The van der Waals surface area contributed by atoms with Gasteiger partial charge in [-0.1, -0.05) is 47.8 Å². The highest BCUT2D eigenvalue weighted by Gasteiger charge is 2.15. The molecule has 10 aromatic rings. The number of hydrogen-bond donors (Lipinski definition) is 5. The quantitative estimate of drug-likeness (QED) is 0.00697. The van der Waals surface area contributed by atoms with Crippen LogP contribution in [0.2, 0.25) is 0 Å². The van der Waals surface area contributed by atoms with E-state index in [2.05, 4.69) is 145 Å². The molecule has 0 aliphatic rings. The number of nitriles is 1. The number of carbonyl (C=O) groups is 1. The van der Waals surface area contributed by atoms with Gasteiger partial charge in [-0.2, -0.15) is 5.26 Å². The van der Waals surface area contributed by atoms with Crippen molar-refractivity contribution in [3.05, 3.63) is 222 Å². The Bertz CT molecular complexity index is 4210. The highest BCUT2D eigenvalue weighted by molar-refractivity contribution is 9.11. The summed E-state index contributed by atoms with van der Waals surface area (Å²) in [5, 5.41) is 44.0. The number of thiophene rings is 7. The van der Waals surface area contributed by atoms with Crippen LogP contribution >= 0.6 is 202 Å². The Labute approximate surface area is 642 Å². The van der Waals surface area contributed by atoms with Crippen LogP contribution in [-0.2, 0) is 9.47 Å². The number of carbonyl (C=O) groups excluding carboxylic acids is 1. The van der Waals surface area contributed by atoms with Crippen molar-refractivity contribution in [3.8, 4) is 30.6 Å². The Kier molecular flexibility index (Phi) is 42.4. The Morgan fingerprint density at radius 3 is 1.42 bits per heavy atom. The first-order valence-corrected chi connectivity index (χ1v) is 38.9. The summed E-state index contributed by atoms with van der Waals surface area (Å²) in [6, 6.07) is 29.3. The van der Waals surface area contributed by atoms with E-state index in [1.165, 1.54) is 88.3 Å². The van der Waals surface area contributed by atoms with Crippen LogP contribution < -0.4 is 20.9 Å². The summed E-state index contributed by atoms with van der Waals surface area (Å²) in [6.45, 7) is 33.1. The summed E-state index contributed by atoms with van der Waals surface area (Å²) in [5.74, 6) is 0. The van der Waals surface area contributed by atoms with Gasteiger partial charge in [0.05, 0.1) is 46.9 Å². The first-order valence-electron chi connectivity index (χ1n) is 26.2. The van der Waals surface area contributed by atoms with Gasteiger partial charge in [0.15, 0.2) is 22.6 Å². The van der Waals surface area contributed by atoms with Gasteiger partial charge >= 0.3 is 14.8 Å². The zero-order chi connectivity index (χ0) is 69.5. The lowest BCUT2D eigenvalue weighted by molar-refractivity contribution is -0.119. The molecule has 0 spiro atoms. The van der Waals surface area contributed by atoms with Crippen LogP contribution in [0.15, 0.2) is 137 Å². The molecule has 0 unspecified atom stereocenters. The molecule has 0 saturated heterocycles. The van der Waals surface area contributed by atoms with Crippen molar-refractivity contribution in [2.24, 2.45) is 11.5 Å². The molecule has 1 radical (unpaired) electrons. The number of nitrogens with zero attached hydrogens (tertiary/aromatic N) is 8. The van der Waals surface area contributed by atoms with E-state index in [1.54, 1.807) is 76.1 Å². The van der Waals surface area contributed by atoms with Crippen molar-refractivity contribution in [1.82, 2.24) is 15.0 Å². The number of ether oxygens (including phenoxy) is 2. The van der Waals surface area contributed by atoms with Crippen LogP contribution in [0, 0.1) is 37.6 Å². The summed E-state index contributed by atoms with van der Waals surface area (Å²) in [7, 11) is -0.935. The van der Waals surface area contributed by atoms with Gasteiger partial charge in [0.25, 0.3) is 6.54 Å². The molecule has 0 atom stereocenters. The summed E-state index contributed by atoms with van der Waals surface area (Å²) < 4.78 is 18.4. The molecule has 10 heterocycles. The second kappa shape index (κ2) is 48.1. The van der Waals surface area contributed by atoms with Crippen LogP contribution in [-0.4, -0.2) is 92.5 Å². The standard InChI is InChI=1S/C24H12N4S5.C10H5BrN2S2.C8H5BrN2S2.C6H13BrO2.C5H3BrOS.C4H5B2O4S.C3H4N2S.CH4/c1-26-18(24-28-9-11-30-24)13-17-3-5-20(32-17)22-7-6-21(33-22)19-4-2-16(31-19)12-15(14-25)23-27-8-10-29-23;1-12-8(10-13-4-5-14-10)6-7-2-3-9(11)15-7;1-11-6(8(10)12)4-5-2-3-7(9)13-5;1-3-8-6(5-7)9-4-2;6-5-2-1-4(3-7)8-5;7-5-10-4-2-1-3(11-4)6(8)9;1-5-2-3(4)6;/h2-13H;2-6H;2-4H,(H2,10,12);6H,3-5H2,1-2H3;1-3H;1-2,7-9H;2H2,(H2,4,6);1H4/b15-12+,18-13-;8-6-;6-4-;;;;;. The third kappa shape index (κ3) is 31.4. The molecule has 10 aromatic heterocycles. The fourth-order valence-electron chi connectivity index (χ4n) is 6.29. The number of halogens is 4. The molecule has 96 heavy (non-hydrogen) atoms. The summed E-state index contributed by atoms with van der Waals surface area (Å²) in [5.41, 5.74) is 12.3. The molecule has 0 fully saturated rings. The smallest absolute Gasteiger partial charge is 0.530 e. The van der Waals surface area contributed by atoms with E-state index in [0.29, 0.717) is 53.4 Å². The number of alkyl halides is 1. The number of rotatable bonds is 20. The minimum Gasteiger partial charge on any atom is -0.530 e. The van der Waals surface area contributed by atoms with Gasteiger partial charge in [-0.15, -0.1) is 113 Å². The maximum absolute atomic E-state index is 10.0. The average molecular weight is 1760 g/mol. The summed E-state index contributed by atoms with van der Waals surface area (Å²) >= 11 is 37.4. The largest absolute Gasteiger partial charge is 0.569 e. The molecular formula is C61H51B2Br4N10O7S12. The molecule has 0 aliphatic carbocycles. The van der Waals surface area contributed by atoms with Crippen LogP contribution in [0.1, 0.15) is 65.5 Å². The minimum atomic E-state index is -1.48. The van der Waals surface area contributed by atoms with Crippen molar-refractivity contribution < 1.29 is 34.0 Å². The SMILES string of the molecule is C.CCOC(CBr)OCC.O=Cc1ccc(Br)s1.O[B]Oc1ccc(B(O)O)s1.[C-]#[N+]/C(=C\c1ccc(-c2ccc(-c3ccc(/C=C(\C#N)c4nccs4)s3)s2)s1)c1nccs1.[C-]#[N+]/C(=C\c1ccc(Br)s1)C(N)=S.[C-]#[N+]/C(=C\c1ccc(Br)s1)c1nccs1.[C-]#[N+]CC(N)=S. The molecule has 35 heteroatoms. The average Bonchev–Trinajstić information content (AvgIpc) is 1.72. The van der Waals surface area contributed by atoms with Gasteiger partial charge in [0.2, 0.25) is 17.1 Å². The van der Waals surface area contributed by atoms with Gasteiger partial charge < -0.3 is 45.5 Å². The fourth-order valence-corrected chi connectivity index (χ4v) is 16.4. The van der Waals surface area contributed by atoms with E-state index >= 15 is 0 Å². The van der Waals surface area contributed by atoms with Gasteiger partial charge in [-0.05, 0) is 171 Å². The van der Waals surface area contributed by atoms with Crippen LogP contribution in [0.3, 0.4) is 0 Å². The maximum atomic E-state index is 10.0. The highest BCUT2D eigenvalue weighted by Crippen LogP contribution is 2.41. The molecule has 17 nitrogen and oxygen atoms in total. The third-order valence-corrected chi connectivity index (χ3v) is 22.7. The molecule has 493 valence electrons. The molecule has 0 bridgehead atoms. The molecule has 0 aliphatic heterocycles. The van der Waals surface area contributed by atoms with Gasteiger partial charge in [-0.3, -0.25) is 14.8 Å². The van der Waals surface area contributed by atoms with Crippen LogP contribution in [0.25, 0.3) is 80.2 Å². The van der Waals surface area contributed by atoms with Crippen molar-refractivity contribution >= 4 is 279 Å². The van der Waals surface area contributed by atoms with E-state index in [-0.39, 0.29) is 30.2 Å². The zero-order valence-electron chi connectivity index (χ0n) is 49.1. The van der Waals surface area contributed by atoms with Gasteiger partial charge in [0.1, 0.15) is 26.1 Å². The number of aldehydes is 1. The molecule has 0 amide bonds. The third-order valence-electron chi connectivity index (χ3n) is 10.2. The first-order chi connectivity index (χ1) is 45.8. The van der Waals surface area contributed by atoms with Gasteiger partial charge in [-0.25, -0.2) is 26.1 Å². The van der Waals surface area contributed by atoms with Crippen molar-refractivity contribution in [3.63, 3.8) is 0 Å². The first kappa shape index (κ1) is 84.5. The minimum absolute atomic E-state index is 0. The van der Waals surface area contributed by atoms with Crippen molar-refractivity contribution in [1.29, 1.82) is 5.26 Å². The van der Waals surface area contributed by atoms with E-state index in [0.717, 1.165) is 73.7 Å². The van der Waals surface area contributed by atoms with Crippen LogP contribution in [0.5, 0.6) is 5.06 Å². The van der Waals surface area contributed by atoms with Crippen LogP contribution in [0.4, 0.5) is 0 Å². The molecule has 7 N–H and O–H groups in total. The van der Waals surface area contributed by atoms with E-state index in [4.69, 9.17) is 74.5 Å². The maximum Gasteiger partial charge on any atom is 0.569 e. The lowest BCUT2D eigenvalue weighted by Crippen LogP contribution is -2.26. The lowest BCUT2D eigenvalue weighted by atomic mass is 9.90. The summed E-state index contributed by atoms with van der Waals surface area (Å²) in [6.07, 6.45) is 13.3. The Morgan fingerprint density at radius 1 is 0.646 bits per heavy atom. The second-order valence-corrected chi connectivity index (χ2v) is 32.8. The Hall–Kier alpha value is -5.70. The lowest BCUT2D eigenvalue weighted by Gasteiger charge is -2.12. The van der Waals surface area contributed by atoms with E-state index in [9.17, 15) is 10.1 Å². The van der Waals surface area contributed by atoms with Crippen molar-refractivity contribution in [2.45, 2.75) is 27.6 Å². The van der Waals surface area contributed by atoms with E-state index in [1.807, 2.05) is 90.7 Å². The van der Waals surface area contributed by atoms with Gasteiger partial charge in [0, 0.05) is 91.7 Å². The second-order valence-electron chi connectivity index (χ2n) is 16.6. The highest BCUT2D eigenvalue weighted by atomic mass is 79.9. The molecule has 10 rings (SSSR count). The number of hydrogen-bond acceptors (Lipinski definition) is 23. The topological polar surface area (TPSA) is 237 Å². The Balaban J connectivity index is 0.000000321. The summed E-state index contributed by atoms with van der Waals surface area (Å²) in [4.78, 5) is 45.9. The molecule has 0 aromatic carbocycles. The monoisotopic (exact) mass is 1760 g/mol. The Morgan fingerprint density at radius 2 is 1.08 bits per heavy atom. The molecule has 0 saturated carbocycles. The predicted molar refractivity (Wildman–Crippen MR) is 431 cm³/mol. The normalized spacial score (nSPS) is 10.6. The molecular weight excluding hydrogens is 1710 g/mol. The van der Waals surface area contributed by atoms with E-state index < -0.39 is 7.12 Å². The number of allylic oxidation sites excluding steroid dienone is 1. The number of aromatic nitrogens is 3. The number of thiocarbonyl (C=S) groups is 2. The number of thiazole rings is 3.